The Morgan fingerprint density at radius 2 is 1.35 bits per heavy atom. The molecule has 176 valence electrons. The van der Waals surface area contributed by atoms with E-state index in [2.05, 4.69) is 6.92 Å². The molecule has 3 aromatic carbocycles. The van der Waals surface area contributed by atoms with Gasteiger partial charge >= 0.3 is 0 Å². The Balaban J connectivity index is 1.83. The summed E-state index contributed by atoms with van der Waals surface area (Å²) in [6.07, 6.45) is 5.84. The largest absolute Gasteiger partial charge is 0.494 e. The van der Waals surface area contributed by atoms with E-state index in [0.29, 0.717) is 16.4 Å². The molecule has 0 fully saturated rings. The van der Waals surface area contributed by atoms with Crippen molar-refractivity contribution >= 4 is 26.1 Å². The molecule has 1 heterocycles. The summed E-state index contributed by atoms with van der Waals surface area (Å²) in [4.78, 5) is 1.24. The summed E-state index contributed by atoms with van der Waals surface area (Å²) in [5, 5.41) is 0. The fraction of sp³-hybridized carbons (Fsp3) is 0.148. The lowest BCUT2D eigenvalue weighted by Crippen LogP contribution is -2.60. The van der Waals surface area contributed by atoms with Crippen molar-refractivity contribution in [3.63, 3.8) is 0 Å². The van der Waals surface area contributed by atoms with Gasteiger partial charge in [-0.1, -0.05) is 86.1 Å². The van der Waals surface area contributed by atoms with Gasteiger partial charge in [0.1, 0.15) is 20.3 Å². The molecule has 0 aliphatic carbocycles. The van der Waals surface area contributed by atoms with E-state index in [1.165, 1.54) is 0 Å². The van der Waals surface area contributed by atoms with Gasteiger partial charge in [0.2, 0.25) is 0 Å². The van der Waals surface area contributed by atoms with Crippen LogP contribution in [-0.4, -0.2) is 11.5 Å². The van der Waals surface area contributed by atoms with Gasteiger partial charge in [-0.05, 0) is 53.0 Å². The molecule has 1 aliphatic rings. The third kappa shape index (κ3) is 6.24. The molecule has 1 atom stereocenters. The van der Waals surface area contributed by atoms with Gasteiger partial charge in [-0.15, -0.1) is 0 Å². The van der Waals surface area contributed by atoms with Crippen LogP contribution in [0.25, 0.3) is 10.5 Å². The molecule has 1 unspecified atom stereocenters. The number of benzene rings is 3. The molecule has 0 saturated heterocycles. The van der Waals surface area contributed by atoms with Crippen LogP contribution in [-0.2, 0) is 3.74 Å². The maximum absolute atomic E-state index is 11.7. The van der Waals surface area contributed by atoms with E-state index in [1.54, 1.807) is 0 Å². The summed E-state index contributed by atoms with van der Waals surface area (Å²) in [6.45, 7) is 2.79. The Hall–Kier alpha value is -2.71. The van der Waals surface area contributed by atoms with Crippen molar-refractivity contribution in [1.82, 2.24) is 0 Å². The van der Waals surface area contributed by atoms with E-state index < -0.39 is 21.0 Å². The SMILES string of the molecule is CCCCOc1ccc(C2=CC(c3ccccc3)=S(O[Cl+3]([O-])([O-])[O-])C(c3ccccc3)=C2)cc1. The Morgan fingerprint density at radius 1 is 0.735 bits per heavy atom. The Morgan fingerprint density at radius 3 is 1.94 bits per heavy atom. The zero-order chi connectivity index (χ0) is 24.0. The van der Waals surface area contributed by atoms with Crippen LogP contribution in [0.15, 0.2) is 97.1 Å². The van der Waals surface area contributed by atoms with Gasteiger partial charge in [0, 0.05) is 0 Å². The molecule has 0 spiro atoms. The second kappa shape index (κ2) is 11.1. The minimum atomic E-state index is -4.64. The number of ether oxygens (including phenoxy) is 1. The molecule has 7 heteroatoms. The first-order valence-corrected chi connectivity index (χ1v) is 13.3. The predicted molar refractivity (Wildman–Crippen MR) is 128 cm³/mol. The molecular weight excluding hydrogens is 472 g/mol. The number of hydrogen-bond acceptors (Lipinski definition) is 5. The van der Waals surface area contributed by atoms with Crippen LogP contribution >= 0.6 is 10.8 Å². The maximum atomic E-state index is 11.7. The molecule has 0 radical (unpaired) electrons. The number of allylic oxidation sites excluding steroid dienone is 3. The topological polar surface area (TPSA) is 87.6 Å². The average Bonchev–Trinajstić information content (AvgIpc) is 2.85. The summed E-state index contributed by atoms with van der Waals surface area (Å²) in [6, 6.07) is 26.5. The molecule has 0 bridgehead atoms. The smallest absolute Gasteiger partial charge is 0.148 e. The number of halogens is 1. The molecule has 34 heavy (non-hydrogen) atoms. The van der Waals surface area contributed by atoms with Crippen molar-refractivity contribution in [3.8, 4) is 5.75 Å². The minimum Gasteiger partial charge on any atom is -0.494 e. The maximum Gasteiger partial charge on any atom is 0.148 e. The van der Waals surface area contributed by atoms with Crippen LogP contribution in [0.2, 0.25) is 0 Å². The molecule has 1 aliphatic heterocycles. The van der Waals surface area contributed by atoms with E-state index in [0.717, 1.165) is 40.9 Å². The average molecular weight is 497 g/mol. The Kier molecular flexibility index (Phi) is 8.00. The standard InChI is InChI=1S/C27H25ClO5S/c1-2-3-18-32-25-16-14-21(15-17-25)24-19-26(22-10-6-4-7-11-22)34(33-28(29,30)31)27(20-24)23-12-8-5-9-13-23/h4-17,19-20H,2-3,18H2,1H3. The number of rotatable bonds is 9. The summed E-state index contributed by atoms with van der Waals surface area (Å²) >= 11 is 0. The summed E-state index contributed by atoms with van der Waals surface area (Å²) in [5.41, 5.74) is 3.38. The van der Waals surface area contributed by atoms with Crippen LogP contribution in [0.4, 0.5) is 0 Å². The highest BCUT2D eigenvalue weighted by molar-refractivity contribution is 8.20. The van der Waals surface area contributed by atoms with Gasteiger partial charge < -0.3 is 4.74 Å². The predicted octanol–water partition coefficient (Wildman–Crippen LogP) is 3.62. The van der Waals surface area contributed by atoms with Crippen LogP contribution in [0.5, 0.6) is 5.75 Å². The van der Waals surface area contributed by atoms with E-state index in [1.807, 2.05) is 97.1 Å². The molecule has 0 saturated carbocycles. The van der Waals surface area contributed by atoms with Crippen molar-refractivity contribution in [2.75, 3.05) is 6.61 Å². The first-order valence-electron chi connectivity index (χ1n) is 10.9. The fourth-order valence-corrected chi connectivity index (χ4v) is 6.09. The second-order valence-corrected chi connectivity index (χ2v) is 10.3. The lowest BCUT2D eigenvalue weighted by molar-refractivity contribution is -1.91. The van der Waals surface area contributed by atoms with Crippen LogP contribution in [0, 0.1) is 10.2 Å². The molecular formula is C27H25ClO5S. The lowest BCUT2D eigenvalue weighted by atomic mass is 10.0. The van der Waals surface area contributed by atoms with Crippen molar-refractivity contribution in [2.24, 2.45) is 0 Å². The van der Waals surface area contributed by atoms with E-state index in [9.17, 15) is 14.0 Å². The monoisotopic (exact) mass is 496 g/mol. The van der Waals surface area contributed by atoms with Crippen LogP contribution in [0.3, 0.4) is 0 Å². The van der Waals surface area contributed by atoms with Gasteiger partial charge in [0.05, 0.1) is 26.6 Å². The van der Waals surface area contributed by atoms with Crippen LogP contribution < -0.4 is 18.7 Å². The van der Waals surface area contributed by atoms with E-state index >= 15 is 0 Å². The zero-order valence-corrected chi connectivity index (χ0v) is 20.3. The van der Waals surface area contributed by atoms with Crippen molar-refractivity contribution in [1.29, 1.82) is 0 Å². The molecule has 4 rings (SSSR count). The van der Waals surface area contributed by atoms with E-state index in [-0.39, 0.29) is 0 Å². The van der Waals surface area contributed by atoms with Crippen LogP contribution in [0.1, 0.15) is 36.5 Å². The van der Waals surface area contributed by atoms with E-state index in [4.69, 9.17) is 8.47 Å². The molecule has 3 aromatic rings. The quantitative estimate of drug-likeness (QED) is 0.333. The first kappa shape index (κ1) is 24.4. The molecule has 5 nitrogen and oxygen atoms in total. The second-order valence-electron chi connectivity index (χ2n) is 7.64. The normalized spacial score (nSPS) is 16.1. The third-order valence-corrected chi connectivity index (χ3v) is 7.81. The van der Waals surface area contributed by atoms with Gasteiger partial charge in [-0.2, -0.15) is 14.0 Å². The van der Waals surface area contributed by atoms with Crippen molar-refractivity contribution < 1.29 is 32.7 Å². The number of unbranched alkanes of at least 4 members (excludes halogenated alkanes) is 1. The molecule has 0 amide bonds. The molecule has 0 aromatic heterocycles. The Labute approximate surface area is 204 Å². The summed E-state index contributed by atoms with van der Waals surface area (Å²) in [5.74, 6) is 0.799. The summed E-state index contributed by atoms with van der Waals surface area (Å²) in [7, 11) is -6.07. The highest BCUT2D eigenvalue weighted by Crippen LogP contribution is 2.45. The minimum absolute atomic E-state index is 0.618. The van der Waals surface area contributed by atoms with Crippen molar-refractivity contribution in [2.45, 2.75) is 19.8 Å². The fourth-order valence-electron chi connectivity index (χ4n) is 3.52. The number of hydrogen-bond donors (Lipinski definition) is 0. The zero-order valence-electron chi connectivity index (χ0n) is 18.7. The molecule has 0 N–H and O–H groups in total. The van der Waals surface area contributed by atoms with Gasteiger partial charge in [0.15, 0.2) is 0 Å². The summed E-state index contributed by atoms with van der Waals surface area (Å²) < 4.78 is 45.9. The third-order valence-electron chi connectivity index (χ3n) is 5.18. The highest BCUT2D eigenvalue weighted by atomic mass is 35.7. The van der Waals surface area contributed by atoms with Crippen molar-refractivity contribution in [3.05, 3.63) is 114 Å². The highest BCUT2D eigenvalue weighted by Gasteiger charge is 2.31. The Bertz CT molecular complexity index is 1200. The van der Waals surface area contributed by atoms with Gasteiger partial charge in [-0.25, -0.2) is 0 Å². The lowest BCUT2D eigenvalue weighted by Gasteiger charge is -2.22. The van der Waals surface area contributed by atoms with Gasteiger partial charge in [0.25, 0.3) is 0 Å². The van der Waals surface area contributed by atoms with Gasteiger partial charge in [-0.3, -0.25) is 0 Å². The first-order chi connectivity index (χ1) is 16.4.